The van der Waals surface area contributed by atoms with E-state index in [0.29, 0.717) is 12.0 Å². The largest absolute Gasteiger partial charge is 0.450 e. The summed E-state index contributed by atoms with van der Waals surface area (Å²) in [6.45, 7) is 1.73. The van der Waals surface area contributed by atoms with E-state index in [2.05, 4.69) is 15.9 Å². The molecule has 0 saturated carbocycles. The van der Waals surface area contributed by atoms with Crippen LogP contribution in [-0.4, -0.2) is 22.8 Å². The minimum absolute atomic E-state index is 0.0178. The standard InChI is InChI=1S/C17H14BrNO5/c1-2-15(16(20)11-6-4-3-5-7-11)24-17(21)12-8-9-13(18)14(10-12)19(22)23/h3-10,15H,2H2,1H3/t15-/m0/s1. The third-order valence-corrected chi connectivity index (χ3v) is 4.02. The number of Topliss-reactive ketones (excluding diaryl/α,β-unsaturated/α-hetero) is 1. The van der Waals surface area contributed by atoms with Crippen LogP contribution < -0.4 is 0 Å². The highest BCUT2D eigenvalue weighted by Crippen LogP contribution is 2.26. The third kappa shape index (κ3) is 4.05. The van der Waals surface area contributed by atoms with Crippen molar-refractivity contribution in [3.63, 3.8) is 0 Å². The Morgan fingerprint density at radius 1 is 1.17 bits per heavy atom. The Bertz CT molecular complexity index is 776. The van der Waals surface area contributed by atoms with E-state index >= 15 is 0 Å². The van der Waals surface area contributed by atoms with Gasteiger partial charge in [-0.15, -0.1) is 0 Å². The second kappa shape index (κ2) is 7.83. The Hall–Kier alpha value is -2.54. The first-order valence-electron chi connectivity index (χ1n) is 7.18. The molecule has 6 nitrogen and oxygen atoms in total. The molecule has 0 saturated heterocycles. The third-order valence-electron chi connectivity index (χ3n) is 3.35. The number of ketones is 1. The van der Waals surface area contributed by atoms with Crippen molar-refractivity contribution in [1.29, 1.82) is 0 Å². The molecule has 0 unspecified atom stereocenters. The van der Waals surface area contributed by atoms with Crippen LogP contribution in [-0.2, 0) is 4.74 Å². The molecule has 0 aliphatic carbocycles. The lowest BCUT2D eigenvalue weighted by Gasteiger charge is -2.15. The number of nitro groups is 1. The van der Waals surface area contributed by atoms with Crippen molar-refractivity contribution in [2.45, 2.75) is 19.4 Å². The summed E-state index contributed by atoms with van der Waals surface area (Å²) < 4.78 is 5.51. The quantitative estimate of drug-likeness (QED) is 0.319. The molecule has 0 N–H and O–H groups in total. The number of nitro benzene ring substituents is 1. The van der Waals surface area contributed by atoms with Gasteiger partial charge in [0, 0.05) is 11.6 Å². The first-order chi connectivity index (χ1) is 11.4. The monoisotopic (exact) mass is 391 g/mol. The van der Waals surface area contributed by atoms with E-state index in [1.807, 2.05) is 0 Å². The van der Waals surface area contributed by atoms with E-state index in [1.54, 1.807) is 37.3 Å². The molecule has 0 bridgehead atoms. The second-order valence-electron chi connectivity index (χ2n) is 4.96. The average molecular weight is 392 g/mol. The first kappa shape index (κ1) is 17.8. The molecule has 24 heavy (non-hydrogen) atoms. The molecule has 0 amide bonds. The van der Waals surface area contributed by atoms with Gasteiger partial charge in [-0.1, -0.05) is 37.3 Å². The van der Waals surface area contributed by atoms with Gasteiger partial charge in [0.15, 0.2) is 6.10 Å². The number of ether oxygens (including phenoxy) is 1. The maximum Gasteiger partial charge on any atom is 0.339 e. The van der Waals surface area contributed by atoms with Crippen LogP contribution in [0.1, 0.15) is 34.1 Å². The number of carbonyl (C=O) groups is 2. The fourth-order valence-electron chi connectivity index (χ4n) is 2.09. The Morgan fingerprint density at radius 2 is 1.83 bits per heavy atom. The van der Waals surface area contributed by atoms with E-state index in [0.717, 1.165) is 6.07 Å². The lowest BCUT2D eigenvalue weighted by atomic mass is 10.0. The normalized spacial score (nSPS) is 11.6. The number of benzene rings is 2. The Morgan fingerprint density at radius 3 is 2.42 bits per heavy atom. The van der Waals surface area contributed by atoms with Crippen LogP contribution in [0.5, 0.6) is 0 Å². The fraction of sp³-hybridized carbons (Fsp3) is 0.176. The molecule has 0 radical (unpaired) electrons. The topological polar surface area (TPSA) is 86.5 Å². The molecule has 0 spiro atoms. The molecule has 7 heteroatoms. The van der Waals surface area contributed by atoms with E-state index in [-0.39, 0.29) is 21.5 Å². The van der Waals surface area contributed by atoms with E-state index < -0.39 is 17.0 Å². The molecular weight excluding hydrogens is 378 g/mol. The van der Waals surface area contributed by atoms with Crippen LogP contribution in [0.4, 0.5) is 5.69 Å². The van der Waals surface area contributed by atoms with E-state index in [4.69, 9.17) is 4.74 Å². The second-order valence-corrected chi connectivity index (χ2v) is 5.81. The van der Waals surface area contributed by atoms with Crippen molar-refractivity contribution < 1.29 is 19.2 Å². The predicted octanol–water partition coefficient (Wildman–Crippen LogP) is 4.18. The summed E-state index contributed by atoms with van der Waals surface area (Å²) in [6.07, 6.45) is -0.638. The molecule has 1 atom stereocenters. The van der Waals surface area contributed by atoms with Gasteiger partial charge in [-0.05, 0) is 34.5 Å². The smallest absolute Gasteiger partial charge is 0.339 e. The first-order valence-corrected chi connectivity index (χ1v) is 7.97. The molecule has 0 fully saturated rings. The van der Waals surface area contributed by atoms with E-state index in [9.17, 15) is 19.7 Å². The van der Waals surface area contributed by atoms with Gasteiger partial charge >= 0.3 is 5.97 Å². The van der Waals surface area contributed by atoms with Crippen molar-refractivity contribution in [1.82, 2.24) is 0 Å². The molecule has 2 aromatic carbocycles. The Kier molecular flexibility index (Phi) is 5.81. The van der Waals surface area contributed by atoms with Crippen molar-refractivity contribution in [2.24, 2.45) is 0 Å². The lowest BCUT2D eigenvalue weighted by molar-refractivity contribution is -0.385. The zero-order chi connectivity index (χ0) is 17.7. The number of hydrogen-bond donors (Lipinski definition) is 0. The molecule has 0 aliphatic rings. The molecule has 124 valence electrons. The minimum atomic E-state index is -0.942. The highest BCUT2D eigenvalue weighted by atomic mass is 79.9. The van der Waals surface area contributed by atoms with Crippen molar-refractivity contribution in [3.8, 4) is 0 Å². The minimum Gasteiger partial charge on any atom is -0.450 e. The maximum atomic E-state index is 12.4. The van der Waals surface area contributed by atoms with E-state index in [1.165, 1.54) is 12.1 Å². The molecule has 0 heterocycles. The summed E-state index contributed by atoms with van der Waals surface area (Å²) in [4.78, 5) is 34.9. The number of halogens is 1. The Balaban J connectivity index is 2.19. The van der Waals surface area contributed by atoms with Gasteiger partial charge < -0.3 is 4.74 Å². The summed E-state index contributed by atoms with van der Waals surface area (Å²) >= 11 is 3.05. The van der Waals surface area contributed by atoms with Gasteiger partial charge in [-0.2, -0.15) is 0 Å². The summed E-state index contributed by atoms with van der Waals surface area (Å²) in [7, 11) is 0. The number of hydrogen-bond acceptors (Lipinski definition) is 5. The predicted molar refractivity (Wildman–Crippen MR) is 91.1 cm³/mol. The van der Waals surface area contributed by atoms with Gasteiger partial charge in [-0.25, -0.2) is 4.79 Å². The average Bonchev–Trinajstić information content (AvgIpc) is 2.59. The van der Waals surface area contributed by atoms with Gasteiger partial charge in [-0.3, -0.25) is 14.9 Å². The van der Waals surface area contributed by atoms with Crippen LogP contribution in [0, 0.1) is 10.1 Å². The Labute approximate surface area is 146 Å². The summed E-state index contributed by atoms with van der Waals surface area (Å²) in [5.74, 6) is -1.08. The van der Waals surface area contributed by atoms with Crippen molar-refractivity contribution in [3.05, 3.63) is 74.2 Å². The van der Waals surface area contributed by atoms with Crippen LogP contribution >= 0.6 is 15.9 Å². The number of nitrogens with zero attached hydrogens (tertiary/aromatic N) is 1. The molecule has 0 aliphatic heterocycles. The molecule has 0 aromatic heterocycles. The number of esters is 1. The molecule has 2 aromatic rings. The number of carbonyl (C=O) groups excluding carboxylic acids is 2. The van der Waals surface area contributed by atoms with Gasteiger partial charge in [0.25, 0.3) is 5.69 Å². The van der Waals surface area contributed by atoms with Crippen molar-refractivity contribution >= 4 is 33.4 Å². The van der Waals surface area contributed by atoms with Gasteiger partial charge in [0.1, 0.15) is 0 Å². The zero-order valence-electron chi connectivity index (χ0n) is 12.8. The zero-order valence-corrected chi connectivity index (χ0v) is 14.4. The summed E-state index contributed by atoms with van der Waals surface area (Å²) in [6, 6.07) is 12.4. The lowest BCUT2D eigenvalue weighted by Crippen LogP contribution is -2.26. The van der Waals surface area contributed by atoms with Crippen LogP contribution in [0.3, 0.4) is 0 Å². The fourth-order valence-corrected chi connectivity index (χ4v) is 2.48. The van der Waals surface area contributed by atoms with Crippen molar-refractivity contribution in [2.75, 3.05) is 0 Å². The SMILES string of the molecule is CC[C@H](OC(=O)c1ccc(Br)c([N+](=O)[O-])c1)C(=O)c1ccccc1. The van der Waals surface area contributed by atoms with Crippen LogP contribution in [0.2, 0.25) is 0 Å². The molecule has 2 rings (SSSR count). The summed E-state index contributed by atoms with van der Waals surface area (Å²) in [5.41, 5.74) is 0.218. The van der Waals surface area contributed by atoms with Crippen LogP contribution in [0.15, 0.2) is 53.0 Å². The highest BCUT2D eigenvalue weighted by molar-refractivity contribution is 9.10. The summed E-state index contributed by atoms with van der Waals surface area (Å²) in [5, 5.41) is 10.9. The highest BCUT2D eigenvalue weighted by Gasteiger charge is 2.24. The van der Waals surface area contributed by atoms with Crippen LogP contribution in [0.25, 0.3) is 0 Å². The maximum absolute atomic E-state index is 12.4. The van der Waals surface area contributed by atoms with Gasteiger partial charge in [0.05, 0.1) is 15.0 Å². The number of rotatable bonds is 6. The molecular formula is C17H14BrNO5. The van der Waals surface area contributed by atoms with Gasteiger partial charge in [0.2, 0.25) is 5.78 Å².